The van der Waals surface area contributed by atoms with Gasteiger partial charge < -0.3 is 9.73 Å². The van der Waals surface area contributed by atoms with Crippen LogP contribution >= 0.6 is 11.3 Å². The number of nitrogens with one attached hydrogen (secondary N) is 1. The molecule has 0 saturated heterocycles. The summed E-state index contributed by atoms with van der Waals surface area (Å²) in [5, 5.41) is 10.1. The van der Waals surface area contributed by atoms with Crippen LogP contribution in [0, 0.1) is 0 Å². The normalized spacial score (nSPS) is 11.7. The number of hydrogen-bond donors (Lipinski definition) is 1. The summed E-state index contributed by atoms with van der Waals surface area (Å²) in [7, 11) is 0. The van der Waals surface area contributed by atoms with E-state index in [1.54, 1.807) is 5.32 Å². The average molecular weight is 432 g/mol. The van der Waals surface area contributed by atoms with Crippen LogP contribution in [0.3, 0.4) is 0 Å². The highest BCUT2D eigenvalue weighted by atomic mass is 32.1. The van der Waals surface area contributed by atoms with E-state index in [0.29, 0.717) is 0 Å². The number of fused-ring (bicyclic) bond motifs is 1. The lowest BCUT2D eigenvalue weighted by molar-refractivity contribution is -0.138. The van der Waals surface area contributed by atoms with Crippen molar-refractivity contribution in [2.45, 2.75) is 19.0 Å². The first-order valence-corrected chi connectivity index (χ1v) is 9.77. The van der Waals surface area contributed by atoms with Gasteiger partial charge in [-0.15, -0.1) is 21.5 Å². The number of carbonyl (C=O) groups excluding carboxylic acids is 1. The van der Waals surface area contributed by atoms with Gasteiger partial charge in [0.1, 0.15) is 18.0 Å². The number of nitrogens with zero attached hydrogens (tertiary/aromatic N) is 3. The number of benzene rings is 2. The van der Waals surface area contributed by atoms with Crippen LogP contribution in [-0.2, 0) is 17.6 Å². The van der Waals surface area contributed by atoms with Gasteiger partial charge in [-0.1, -0.05) is 36.4 Å². The molecule has 0 saturated carbocycles. The molecule has 154 valence electrons. The molecule has 0 atom stereocenters. The van der Waals surface area contributed by atoms with Crippen molar-refractivity contribution in [2.75, 3.05) is 6.54 Å². The number of amides is 1. The number of hydrogen-bond acceptors (Lipinski definition) is 6. The lowest BCUT2D eigenvalue weighted by Gasteiger charge is -2.06. The van der Waals surface area contributed by atoms with Gasteiger partial charge in [-0.05, 0) is 23.3 Å². The zero-order valence-corrected chi connectivity index (χ0v) is 16.3. The Hall–Kier alpha value is -3.27. The summed E-state index contributed by atoms with van der Waals surface area (Å²) >= 11 is 1.49. The second-order valence-electron chi connectivity index (χ2n) is 6.49. The number of aromatic nitrogens is 3. The molecule has 0 radical (unpaired) electrons. The number of thiazole rings is 1. The Labute approximate surface area is 172 Å². The minimum atomic E-state index is -4.47. The molecular weight excluding hydrogens is 417 g/mol. The monoisotopic (exact) mass is 432 g/mol. The van der Waals surface area contributed by atoms with Crippen LogP contribution in [0.5, 0.6) is 0 Å². The van der Waals surface area contributed by atoms with Gasteiger partial charge in [0.2, 0.25) is 17.7 Å². The molecule has 2 aromatic heterocycles. The van der Waals surface area contributed by atoms with E-state index in [1.807, 2.05) is 42.5 Å². The molecule has 30 heavy (non-hydrogen) atoms. The van der Waals surface area contributed by atoms with E-state index in [9.17, 15) is 18.0 Å². The van der Waals surface area contributed by atoms with E-state index < -0.39 is 25.0 Å². The molecular formula is C20H15F3N4O2S. The maximum atomic E-state index is 12.1. The molecule has 0 spiro atoms. The van der Waals surface area contributed by atoms with E-state index >= 15 is 0 Å². The van der Waals surface area contributed by atoms with Crippen molar-refractivity contribution >= 4 is 27.5 Å². The van der Waals surface area contributed by atoms with E-state index in [4.69, 9.17) is 4.42 Å². The van der Waals surface area contributed by atoms with Crippen molar-refractivity contribution in [3.05, 3.63) is 65.3 Å². The van der Waals surface area contributed by atoms with Crippen LogP contribution < -0.4 is 5.32 Å². The first-order chi connectivity index (χ1) is 14.4. The van der Waals surface area contributed by atoms with Crippen molar-refractivity contribution in [3.8, 4) is 11.1 Å². The first kappa shape index (κ1) is 20.0. The second-order valence-corrected chi connectivity index (χ2v) is 7.61. The Morgan fingerprint density at radius 3 is 2.57 bits per heavy atom. The highest BCUT2D eigenvalue weighted by molar-refractivity contribution is 7.18. The largest absolute Gasteiger partial charge is 0.424 e. The van der Waals surface area contributed by atoms with Crippen LogP contribution in [-0.4, -0.2) is 33.8 Å². The summed E-state index contributed by atoms with van der Waals surface area (Å²) in [6.45, 7) is -1.40. The molecule has 10 heteroatoms. The van der Waals surface area contributed by atoms with Gasteiger partial charge in [0.25, 0.3) is 0 Å². The molecule has 0 aliphatic carbocycles. The number of alkyl halides is 3. The third-order valence-electron chi connectivity index (χ3n) is 4.15. The molecule has 0 unspecified atom stereocenters. The van der Waals surface area contributed by atoms with Crippen molar-refractivity contribution in [1.29, 1.82) is 0 Å². The quantitative estimate of drug-likeness (QED) is 0.495. The maximum Gasteiger partial charge on any atom is 0.405 e. The Morgan fingerprint density at radius 1 is 1.03 bits per heavy atom. The molecule has 2 aromatic carbocycles. The van der Waals surface area contributed by atoms with Gasteiger partial charge >= 0.3 is 6.18 Å². The fourth-order valence-corrected chi connectivity index (χ4v) is 3.82. The number of halogens is 3. The van der Waals surface area contributed by atoms with Crippen LogP contribution in [0.2, 0.25) is 0 Å². The summed E-state index contributed by atoms with van der Waals surface area (Å²) in [6, 6.07) is 16.0. The number of carbonyl (C=O) groups is 1. The summed E-state index contributed by atoms with van der Waals surface area (Å²) in [6.07, 6.45) is -4.61. The van der Waals surface area contributed by atoms with Crippen molar-refractivity contribution in [3.63, 3.8) is 0 Å². The van der Waals surface area contributed by atoms with E-state index in [2.05, 4.69) is 21.2 Å². The van der Waals surface area contributed by atoms with Crippen LogP contribution in [0.15, 0.2) is 52.9 Å². The van der Waals surface area contributed by atoms with Gasteiger partial charge in [0, 0.05) is 0 Å². The molecule has 0 aliphatic rings. The molecule has 1 N–H and O–H groups in total. The molecule has 0 fully saturated rings. The summed E-state index contributed by atoms with van der Waals surface area (Å²) < 4.78 is 42.8. The second kappa shape index (κ2) is 8.23. The van der Waals surface area contributed by atoms with E-state index in [-0.39, 0.29) is 18.2 Å². The van der Waals surface area contributed by atoms with Gasteiger partial charge in [0.05, 0.1) is 16.6 Å². The predicted molar refractivity (Wildman–Crippen MR) is 105 cm³/mol. The molecule has 2 heterocycles. The summed E-state index contributed by atoms with van der Waals surface area (Å²) in [5.74, 6) is -0.635. The van der Waals surface area contributed by atoms with Crippen LogP contribution in [0.1, 0.15) is 16.8 Å². The Bertz CT molecular complexity index is 1170. The molecule has 6 nitrogen and oxygen atoms in total. The summed E-state index contributed by atoms with van der Waals surface area (Å²) in [5.41, 5.74) is 3.05. The van der Waals surface area contributed by atoms with Crippen molar-refractivity contribution in [2.24, 2.45) is 0 Å². The van der Waals surface area contributed by atoms with Gasteiger partial charge in [0.15, 0.2) is 0 Å². The zero-order chi connectivity index (χ0) is 21.1. The van der Waals surface area contributed by atoms with E-state index in [0.717, 1.165) is 26.4 Å². The van der Waals surface area contributed by atoms with Crippen molar-refractivity contribution < 1.29 is 22.4 Å². The molecule has 4 aromatic rings. The SMILES string of the molecule is O=C(Cc1nnc(Cc2nc3ccc(-c4ccccc4)cc3s2)o1)NCC(F)(F)F. The van der Waals surface area contributed by atoms with Crippen LogP contribution in [0.25, 0.3) is 21.3 Å². The third kappa shape index (κ3) is 5.01. The molecule has 1 amide bonds. The van der Waals surface area contributed by atoms with Crippen LogP contribution in [0.4, 0.5) is 13.2 Å². The third-order valence-corrected chi connectivity index (χ3v) is 5.17. The topological polar surface area (TPSA) is 80.9 Å². The average Bonchev–Trinajstić information content (AvgIpc) is 3.32. The Kier molecular flexibility index (Phi) is 5.49. The van der Waals surface area contributed by atoms with Gasteiger partial charge in [-0.2, -0.15) is 13.2 Å². The highest BCUT2D eigenvalue weighted by Crippen LogP contribution is 2.29. The molecule has 4 rings (SSSR count). The van der Waals surface area contributed by atoms with E-state index in [1.165, 1.54) is 11.3 Å². The first-order valence-electron chi connectivity index (χ1n) is 8.95. The zero-order valence-electron chi connectivity index (χ0n) is 15.4. The predicted octanol–water partition coefficient (Wildman–Crippen LogP) is 4.16. The fourth-order valence-electron chi connectivity index (χ4n) is 2.82. The van der Waals surface area contributed by atoms with Gasteiger partial charge in [-0.3, -0.25) is 4.79 Å². The Balaban J connectivity index is 1.43. The molecule has 0 bridgehead atoms. The number of rotatable bonds is 6. The maximum absolute atomic E-state index is 12.1. The Morgan fingerprint density at radius 2 is 1.80 bits per heavy atom. The standard InChI is InChI=1S/C20H15F3N4O2S/c21-20(22,23)11-24-16(28)9-17-26-27-18(29-17)10-19-25-14-7-6-13(8-15(14)30-19)12-4-2-1-3-5-12/h1-8H,9-11H2,(H,24,28). The van der Waals surface area contributed by atoms with Gasteiger partial charge in [-0.25, -0.2) is 4.98 Å². The fraction of sp³-hybridized carbons (Fsp3) is 0.200. The smallest absolute Gasteiger partial charge is 0.405 e. The molecule has 0 aliphatic heterocycles. The lowest BCUT2D eigenvalue weighted by Crippen LogP contribution is -2.34. The van der Waals surface area contributed by atoms with Crippen molar-refractivity contribution in [1.82, 2.24) is 20.5 Å². The minimum Gasteiger partial charge on any atom is -0.424 e. The summed E-state index contributed by atoms with van der Waals surface area (Å²) in [4.78, 5) is 16.1. The highest BCUT2D eigenvalue weighted by Gasteiger charge is 2.28. The lowest BCUT2D eigenvalue weighted by atomic mass is 10.1. The minimum absolute atomic E-state index is 0.0443.